The predicted molar refractivity (Wildman–Crippen MR) is 142 cm³/mol. The van der Waals surface area contributed by atoms with Crippen LogP contribution >= 0.6 is 11.6 Å². The molecule has 11 heteroatoms. The Morgan fingerprint density at radius 3 is 2.47 bits per heavy atom. The molecule has 2 atom stereocenters. The van der Waals surface area contributed by atoms with Crippen molar-refractivity contribution in [2.75, 3.05) is 36.1 Å². The molecule has 0 spiro atoms. The van der Waals surface area contributed by atoms with Crippen LogP contribution in [0.25, 0.3) is 11.2 Å². The molecule has 36 heavy (non-hydrogen) atoms. The molecule has 2 unspecified atom stereocenters. The van der Waals surface area contributed by atoms with Gasteiger partial charge in [-0.3, -0.25) is 8.87 Å². The fraction of sp³-hybridized carbons (Fsp3) is 0.520. The van der Waals surface area contributed by atoms with E-state index in [9.17, 15) is 8.42 Å². The molecule has 1 N–H and O–H groups in total. The molecule has 1 aromatic carbocycles. The number of fused-ring (bicyclic) bond motifs is 1. The van der Waals surface area contributed by atoms with E-state index in [0.29, 0.717) is 46.6 Å². The summed E-state index contributed by atoms with van der Waals surface area (Å²) in [4.78, 5) is 9.36. The smallest absolute Gasteiger partial charge is 0.232 e. The Morgan fingerprint density at radius 2 is 1.81 bits per heavy atom. The normalized spacial score (nSPS) is 21.0. The Hall–Kier alpha value is -2.40. The molecule has 2 aromatic heterocycles. The lowest BCUT2D eigenvalue weighted by molar-refractivity contribution is -0.0309. The molecule has 194 valence electrons. The number of imidazole rings is 1. The van der Waals surface area contributed by atoms with E-state index in [-0.39, 0.29) is 12.3 Å². The van der Waals surface area contributed by atoms with Crippen LogP contribution in [0.3, 0.4) is 0 Å². The Labute approximate surface area is 216 Å². The van der Waals surface area contributed by atoms with Gasteiger partial charge in [0, 0.05) is 26.3 Å². The summed E-state index contributed by atoms with van der Waals surface area (Å²) in [6.45, 7) is 3.34. The number of nitrogens with one attached hydrogen (secondary N) is 1. The second-order valence-corrected chi connectivity index (χ2v) is 11.9. The average molecular weight is 534 g/mol. The first-order valence-electron chi connectivity index (χ1n) is 12.4. The maximum absolute atomic E-state index is 12.5. The SMILES string of the molecule is Cc1nc2c(Nc3ccc(C4CCCCO4)cc3N(C)S(C)(=O)=O)cc(Cl)nc2n1C1CCCCO1. The van der Waals surface area contributed by atoms with Gasteiger partial charge in [-0.1, -0.05) is 17.7 Å². The van der Waals surface area contributed by atoms with Crippen LogP contribution in [-0.2, 0) is 19.5 Å². The predicted octanol–water partition coefficient (Wildman–Crippen LogP) is 5.47. The first kappa shape index (κ1) is 25.3. The molecule has 0 saturated carbocycles. The van der Waals surface area contributed by atoms with E-state index in [1.807, 2.05) is 29.7 Å². The largest absolute Gasteiger partial charge is 0.374 e. The molecule has 2 fully saturated rings. The van der Waals surface area contributed by atoms with Crippen LogP contribution in [-0.4, -0.2) is 49.5 Å². The molecule has 4 heterocycles. The monoisotopic (exact) mass is 533 g/mol. The van der Waals surface area contributed by atoms with Gasteiger partial charge in [-0.15, -0.1) is 0 Å². The molecule has 0 radical (unpaired) electrons. The molecule has 2 saturated heterocycles. The van der Waals surface area contributed by atoms with Gasteiger partial charge in [-0.05, 0) is 63.1 Å². The van der Waals surface area contributed by atoms with Crippen molar-refractivity contribution in [2.24, 2.45) is 0 Å². The summed E-state index contributed by atoms with van der Waals surface area (Å²) in [6, 6.07) is 7.47. The summed E-state index contributed by atoms with van der Waals surface area (Å²) < 4.78 is 40.3. The highest BCUT2D eigenvalue weighted by Gasteiger charge is 2.25. The second kappa shape index (κ2) is 10.2. The number of ether oxygens (including phenoxy) is 2. The third-order valence-electron chi connectivity index (χ3n) is 6.92. The van der Waals surface area contributed by atoms with Crippen LogP contribution in [0.2, 0.25) is 5.15 Å². The summed E-state index contributed by atoms with van der Waals surface area (Å²) in [5, 5.41) is 3.71. The fourth-order valence-corrected chi connectivity index (χ4v) is 5.65. The number of sulfonamides is 1. The topological polar surface area (TPSA) is 98.6 Å². The Balaban J connectivity index is 1.57. The highest BCUT2D eigenvalue weighted by atomic mass is 35.5. The highest BCUT2D eigenvalue weighted by molar-refractivity contribution is 7.92. The minimum absolute atomic E-state index is 0.0459. The number of benzene rings is 1. The standard InChI is InChI=1S/C25H32ClN5O4S/c1-16-27-24-19(15-22(26)29-25(24)31(16)23-9-5-7-13-35-23)28-18-11-10-17(21-8-4-6-12-34-21)14-20(18)30(2)36(3,32)33/h10-11,14-15,21,23H,4-9,12-13H2,1-3H3,(H,28,29). The third-order valence-corrected chi connectivity index (χ3v) is 8.30. The number of halogens is 1. The summed E-state index contributed by atoms with van der Waals surface area (Å²) >= 11 is 6.46. The van der Waals surface area contributed by atoms with E-state index in [2.05, 4.69) is 10.3 Å². The van der Waals surface area contributed by atoms with E-state index in [0.717, 1.165) is 49.9 Å². The summed E-state index contributed by atoms with van der Waals surface area (Å²) in [5.41, 5.74) is 4.04. The first-order chi connectivity index (χ1) is 17.2. The van der Waals surface area contributed by atoms with Gasteiger partial charge in [-0.2, -0.15) is 0 Å². The average Bonchev–Trinajstić information content (AvgIpc) is 3.20. The first-order valence-corrected chi connectivity index (χ1v) is 14.6. The van der Waals surface area contributed by atoms with Crippen molar-refractivity contribution in [3.05, 3.63) is 40.8 Å². The molecular formula is C25H32ClN5O4S. The van der Waals surface area contributed by atoms with E-state index in [1.54, 1.807) is 13.1 Å². The zero-order valence-electron chi connectivity index (χ0n) is 20.8. The Morgan fingerprint density at radius 1 is 1.06 bits per heavy atom. The van der Waals surface area contributed by atoms with Gasteiger partial charge in [-0.25, -0.2) is 18.4 Å². The van der Waals surface area contributed by atoms with Crippen LogP contribution in [0.15, 0.2) is 24.3 Å². The lowest BCUT2D eigenvalue weighted by Gasteiger charge is -2.26. The number of aryl methyl sites for hydroxylation is 1. The lowest BCUT2D eigenvalue weighted by Crippen LogP contribution is -2.26. The Kier molecular flexibility index (Phi) is 7.13. The molecule has 9 nitrogen and oxygen atoms in total. The number of anilines is 3. The van der Waals surface area contributed by atoms with Crippen LogP contribution in [0.1, 0.15) is 62.2 Å². The molecule has 0 amide bonds. The summed E-state index contributed by atoms with van der Waals surface area (Å²) in [5.74, 6) is 0.785. The van der Waals surface area contributed by atoms with Crippen molar-refractivity contribution >= 4 is 49.9 Å². The maximum atomic E-state index is 12.5. The zero-order valence-corrected chi connectivity index (χ0v) is 22.4. The van der Waals surface area contributed by atoms with Gasteiger partial charge in [0.05, 0.1) is 29.4 Å². The van der Waals surface area contributed by atoms with Gasteiger partial charge in [0.2, 0.25) is 10.0 Å². The number of rotatable bonds is 6. The van der Waals surface area contributed by atoms with Crippen LogP contribution in [0, 0.1) is 6.92 Å². The number of nitrogens with zero attached hydrogens (tertiary/aromatic N) is 4. The van der Waals surface area contributed by atoms with Gasteiger partial charge in [0.25, 0.3) is 0 Å². The van der Waals surface area contributed by atoms with Crippen molar-refractivity contribution in [1.29, 1.82) is 0 Å². The van der Waals surface area contributed by atoms with Gasteiger partial charge in [0.15, 0.2) is 5.65 Å². The van der Waals surface area contributed by atoms with E-state index in [4.69, 9.17) is 26.1 Å². The van der Waals surface area contributed by atoms with Crippen molar-refractivity contribution in [2.45, 2.75) is 57.8 Å². The van der Waals surface area contributed by atoms with E-state index in [1.165, 1.54) is 10.6 Å². The number of hydrogen-bond donors (Lipinski definition) is 1. The number of hydrogen-bond acceptors (Lipinski definition) is 7. The van der Waals surface area contributed by atoms with Crippen molar-refractivity contribution in [1.82, 2.24) is 14.5 Å². The fourth-order valence-electron chi connectivity index (χ4n) is 4.95. The minimum atomic E-state index is -3.51. The van der Waals surface area contributed by atoms with Crippen molar-refractivity contribution in [3.8, 4) is 0 Å². The molecule has 3 aromatic rings. The number of pyridine rings is 1. The third kappa shape index (κ3) is 5.04. The van der Waals surface area contributed by atoms with E-state index < -0.39 is 10.0 Å². The van der Waals surface area contributed by atoms with Crippen molar-refractivity contribution in [3.63, 3.8) is 0 Å². The molecule has 0 bridgehead atoms. The second-order valence-electron chi connectivity index (χ2n) is 9.50. The molecule has 5 rings (SSSR count). The van der Waals surface area contributed by atoms with Gasteiger partial charge >= 0.3 is 0 Å². The maximum Gasteiger partial charge on any atom is 0.232 e. The molecular weight excluding hydrogens is 502 g/mol. The van der Waals surface area contributed by atoms with Crippen LogP contribution < -0.4 is 9.62 Å². The summed E-state index contributed by atoms with van der Waals surface area (Å²) in [7, 11) is -1.96. The zero-order chi connectivity index (χ0) is 25.4. The lowest BCUT2D eigenvalue weighted by atomic mass is 10.0. The molecule has 0 aliphatic carbocycles. The quantitative estimate of drug-likeness (QED) is 0.419. The van der Waals surface area contributed by atoms with E-state index >= 15 is 0 Å². The molecule has 2 aliphatic rings. The minimum Gasteiger partial charge on any atom is -0.374 e. The van der Waals surface area contributed by atoms with Crippen LogP contribution in [0.5, 0.6) is 0 Å². The highest BCUT2D eigenvalue weighted by Crippen LogP contribution is 2.38. The van der Waals surface area contributed by atoms with Crippen LogP contribution in [0.4, 0.5) is 17.1 Å². The Bertz CT molecular complexity index is 1360. The molecule has 2 aliphatic heterocycles. The van der Waals surface area contributed by atoms with Gasteiger partial charge < -0.3 is 14.8 Å². The van der Waals surface area contributed by atoms with Crippen molar-refractivity contribution < 1.29 is 17.9 Å². The van der Waals surface area contributed by atoms with Gasteiger partial charge in [0.1, 0.15) is 22.7 Å². The number of aromatic nitrogens is 3. The summed E-state index contributed by atoms with van der Waals surface area (Å²) in [6.07, 6.45) is 7.06.